The Morgan fingerprint density at radius 2 is 1.89 bits per heavy atom. The van der Waals surface area contributed by atoms with E-state index >= 15 is 0 Å². The molecule has 12 heteroatoms. The quantitative estimate of drug-likeness (QED) is 0.610. The zero-order valence-electron chi connectivity index (χ0n) is 20.2. The molecular formula is C25H27F2N5O4S. The Balaban J connectivity index is 1.43. The van der Waals surface area contributed by atoms with Crippen molar-refractivity contribution in [1.82, 2.24) is 20.0 Å². The van der Waals surface area contributed by atoms with Gasteiger partial charge in [0.25, 0.3) is 5.92 Å². The van der Waals surface area contributed by atoms with E-state index in [-0.39, 0.29) is 24.3 Å². The minimum atomic E-state index is -3.97. The van der Waals surface area contributed by atoms with Crippen molar-refractivity contribution in [3.8, 4) is 17.3 Å². The van der Waals surface area contributed by atoms with Gasteiger partial charge >= 0.3 is 0 Å². The van der Waals surface area contributed by atoms with Gasteiger partial charge in [0.15, 0.2) is 9.84 Å². The number of hydrogen-bond donors (Lipinski definition) is 1. The topological polar surface area (TPSA) is 125 Å². The number of nitrogens with zero attached hydrogens (tertiary/aromatic N) is 4. The van der Waals surface area contributed by atoms with E-state index < -0.39 is 63.2 Å². The maximum absolute atomic E-state index is 13.8. The van der Waals surface area contributed by atoms with Crippen molar-refractivity contribution in [2.75, 3.05) is 13.1 Å². The molecule has 37 heavy (non-hydrogen) atoms. The van der Waals surface area contributed by atoms with Gasteiger partial charge in [0.1, 0.15) is 5.54 Å². The second-order valence-electron chi connectivity index (χ2n) is 10.3. The van der Waals surface area contributed by atoms with E-state index in [0.29, 0.717) is 18.4 Å². The van der Waals surface area contributed by atoms with Crippen LogP contribution in [0.15, 0.2) is 41.4 Å². The predicted molar refractivity (Wildman–Crippen MR) is 128 cm³/mol. The number of aromatic nitrogens is 2. The van der Waals surface area contributed by atoms with Crippen LogP contribution in [0, 0.1) is 23.2 Å². The average Bonchev–Trinajstić information content (AvgIpc) is 3.17. The highest BCUT2D eigenvalue weighted by Gasteiger charge is 2.53. The van der Waals surface area contributed by atoms with Gasteiger partial charge in [-0.15, -0.1) is 0 Å². The molecule has 0 unspecified atom stereocenters. The van der Waals surface area contributed by atoms with Crippen molar-refractivity contribution in [3.05, 3.63) is 36.5 Å². The summed E-state index contributed by atoms with van der Waals surface area (Å²) in [6.45, 7) is -0.897. The number of alkyl halides is 2. The molecule has 1 aliphatic heterocycles. The van der Waals surface area contributed by atoms with Gasteiger partial charge in [0.2, 0.25) is 11.8 Å². The smallest absolute Gasteiger partial charge is 0.267 e. The fourth-order valence-corrected chi connectivity index (χ4v) is 7.23. The third-order valence-corrected chi connectivity index (χ3v) is 9.87. The number of nitriles is 1. The summed E-state index contributed by atoms with van der Waals surface area (Å²) < 4.78 is 56.7. The van der Waals surface area contributed by atoms with E-state index in [0.717, 1.165) is 10.6 Å². The lowest BCUT2D eigenvalue weighted by Crippen LogP contribution is -2.45. The largest absolute Gasteiger partial charge is 0.338 e. The number of aryl methyl sites for hydroxylation is 1. The number of carbonyl (C=O) groups is 2. The van der Waals surface area contributed by atoms with Gasteiger partial charge in [0, 0.05) is 31.8 Å². The highest BCUT2D eigenvalue weighted by molar-refractivity contribution is 7.92. The first-order chi connectivity index (χ1) is 17.4. The predicted octanol–water partition coefficient (Wildman–Crippen LogP) is 2.30. The van der Waals surface area contributed by atoms with Crippen LogP contribution in [0.5, 0.6) is 0 Å². The minimum absolute atomic E-state index is 0.0480. The Bertz CT molecular complexity index is 1400. The molecule has 3 fully saturated rings. The van der Waals surface area contributed by atoms with Crippen LogP contribution in [-0.2, 0) is 26.5 Å². The number of halogens is 2. The van der Waals surface area contributed by atoms with Crippen LogP contribution in [0.4, 0.5) is 8.78 Å². The van der Waals surface area contributed by atoms with Gasteiger partial charge in [-0.1, -0.05) is 12.1 Å². The number of likely N-dealkylation sites (tertiary alicyclic amines) is 1. The lowest BCUT2D eigenvalue weighted by atomic mass is 9.93. The summed E-state index contributed by atoms with van der Waals surface area (Å²) in [5.41, 5.74) is 0.361. The summed E-state index contributed by atoms with van der Waals surface area (Å²) in [6.07, 6.45) is 1.79. The van der Waals surface area contributed by atoms with Crippen molar-refractivity contribution in [2.24, 2.45) is 18.9 Å². The van der Waals surface area contributed by atoms with E-state index in [4.69, 9.17) is 0 Å². The molecule has 1 N–H and O–H groups in total. The highest BCUT2D eigenvalue weighted by Crippen LogP contribution is 2.43. The summed E-state index contributed by atoms with van der Waals surface area (Å²) in [6, 6.07) is 10.2. The van der Waals surface area contributed by atoms with Gasteiger partial charge in [-0.05, 0) is 43.9 Å². The molecule has 1 aromatic heterocycles. The van der Waals surface area contributed by atoms with Crippen LogP contribution < -0.4 is 5.32 Å². The van der Waals surface area contributed by atoms with Gasteiger partial charge in [-0.3, -0.25) is 14.3 Å². The molecule has 2 amide bonds. The number of nitrogens with one attached hydrogen (secondary N) is 1. The maximum Gasteiger partial charge on any atom is 0.267 e. The second-order valence-corrected chi connectivity index (χ2v) is 12.5. The normalized spacial score (nSPS) is 26.0. The summed E-state index contributed by atoms with van der Waals surface area (Å²) >= 11 is 0. The minimum Gasteiger partial charge on any atom is -0.338 e. The molecule has 9 nitrogen and oxygen atoms in total. The van der Waals surface area contributed by atoms with Gasteiger partial charge in [-0.25, -0.2) is 17.2 Å². The Morgan fingerprint density at radius 1 is 1.16 bits per heavy atom. The van der Waals surface area contributed by atoms with Crippen molar-refractivity contribution < 1.29 is 26.8 Å². The van der Waals surface area contributed by atoms with Crippen LogP contribution in [0.25, 0.3) is 11.3 Å². The zero-order valence-corrected chi connectivity index (χ0v) is 21.0. The number of carbonyl (C=O) groups excluding carboxylic acids is 2. The van der Waals surface area contributed by atoms with Gasteiger partial charge in [-0.2, -0.15) is 10.4 Å². The molecule has 3 aliphatic rings. The molecular weight excluding hydrogens is 504 g/mol. The van der Waals surface area contributed by atoms with Crippen molar-refractivity contribution >= 4 is 21.7 Å². The van der Waals surface area contributed by atoms with Crippen LogP contribution in [0.1, 0.15) is 32.1 Å². The molecule has 2 heterocycles. The van der Waals surface area contributed by atoms with Crippen LogP contribution in [0.3, 0.4) is 0 Å². The fourth-order valence-electron chi connectivity index (χ4n) is 5.37. The third-order valence-electron chi connectivity index (χ3n) is 7.70. The molecule has 5 rings (SSSR count). The first-order valence-electron chi connectivity index (χ1n) is 12.2. The monoisotopic (exact) mass is 531 g/mol. The Labute approximate surface area is 213 Å². The summed E-state index contributed by atoms with van der Waals surface area (Å²) in [5.74, 6) is -6.33. The standard InChI is InChI=1S/C25H27F2N5O4S/c1-31-21(5-9-29-31)16-3-2-4-17(11-16)37(35,36)18-12-19(22(33)30-24(14-28)6-7-24)20(13-18)23(34)32-10-8-25(26,27)15-32/h2-5,9,11,18-20H,6-8,10,12-13,15H2,1H3,(H,30,33)/t18-,19-,20-/m1/s1. The van der Waals surface area contributed by atoms with Crippen LogP contribution in [-0.4, -0.2) is 64.7 Å². The first-order valence-corrected chi connectivity index (χ1v) is 13.7. The number of rotatable bonds is 6. The maximum atomic E-state index is 13.8. The second kappa shape index (κ2) is 8.90. The lowest BCUT2D eigenvalue weighted by Gasteiger charge is -2.24. The van der Waals surface area contributed by atoms with Crippen LogP contribution >= 0.6 is 0 Å². The molecule has 2 saturated carbocycles. The molecule has 0 radical (unpaired) electrons. The number of benzene rings is 1. The molecule has 2 aliphatic carbocycles. The van der Waals surface area contributed by atoms with Crippen molar-refractivity contribution in [3.63, 3.8) is 0 Å². The van der Waals surface area contributed by atoms with E-state index in [2.05, 4.69) is 16.5 Å². The molecule has 196 valence electrons. The Kier molecular flexibility index (Phi) is 6.09. The average molecular weight is 532 g/mol. The van der Waals surface area contributed by atoms with E-state index in [1.807, 2.05) is 0 Å². The van der Waals surface area contributed by atoms with E-state index in [9.17, 15) is 32.0 Å². The Morgan fingerprint density at radius 3 is 2.49 bits per heavy atom. The highest BCUT2D eigenvalue weighted by atomic mass is 32.2. The summed E-state index contributed by atoms with van der Waals surface area (Å²) in [5, 5.41) is 15.1. The Hall–Kier alpha value is -3.33. The molecule has 1 saturated heterocycles. The molecule has 0 bridgehead atoms. The van der Waals surface area contributed by atoms with E-state index in [1.54, 1.807) is 36.1 Å². The molecule has 2 aromatic rings. The summed E-state index contributed by atoms with van der Waals surface area (Å²) in [4.78, 5) is 27.6. The third kappa shape index (κ3) is 4.72. The van der Waals surface area contributed by atoms with Crippen molar-refractivity contribution in [2.45, 2.75) is 53.7 Å². The number of sulfone groups is 1. The number of amides is 2. The van der Waals surface area contributed by atoms with E-state index in [1.165, 1.54) is 12.1 Å². The number of hydrogen-bond acceptors (Lipinski definition) is 6. The SMILES string of the molecule is Cn1nccc1-c1cccc(S(=O)(=O)[C@@H]2C[C@@H](C(=O)NC3(C#N)CC3)[C@H](C(=O)N3CCC(F)(F)C3)C2)c1. The molecule has 0 spiro atoms. The van der Waals surface area contributed by atoms with Crippen molar-refractivity contribution in [1.29, 1.82) is 5.26 Å². The lowest BCUT2D eigenvalue weighted by molar-refractivity contribution is -0.141. The van der Waals surface area contributed by atoms with Gasteiger partial charge < -0.3 is 10.2 Å². The summed E-state index contributed by atoms with van der Waals surface area (Å²) in [7, 11) is -2.23. The first kappa shape index (κ1) is 25.3. The molecule has 3 atom stereocenters. The zero-order chi connectivity index (χ0) is 26.6. The molecule has 1 aromatic carbocycles. The fraction of sp³-hybridized carbons (Fsp3) is 0.520. The van der Waals surface area contributed by atoms with Gasteiger partial charge in [0.05, 0.1) is 40.3 Å². The van der Waals surface area contributed by atoms with Crippen LogP contribution in [0.2, 0.25) is 0 Å².